The number of alkyl halides is 3. The number of pyridine rings is 1. The van der Waals surface area contributed by atoms with Gasteiger partial charge in [-0.3, -0.25) is 4.79 Å². The molecule has 172 valence electrons. The van der Waals surface area contributed by atoms with Gasteiger partial charge in [0.2, 0.25) is 5.89 Å². The monoisotopic (exact) mass is 452 g/mol. The van der Waals surface area contributed by atoms with Crippen LogP contribution < -0.4 is 15.8 Å². The molecule has 3 aromatic rings. The molecule has 1 aromatic carbocycles. The van der Waals surface area contributed by atoms with Crippen molar-refractivity contribution in [2.24, 2.45) is 5.73 Å². The lowest BCUT2D eigenvalue weighted by molar-refractivity contribution is -0.140. The van der Waals surface area contributed by atoms with Gasteiger partial charge in [-0.2, -0.15) is 13.2 Å². The van der Waals surface area contributed by atoms with Crippen molar-refractivity contribution in [3.05, 3.63) is 41.4 Å². The van der Waals surface area contributed by atoms with E-state index in [-0.39, 0.29) is 34.7 Å². The van der Waals surface area contributed by atoms with E-state index < -0.39 is 23.8 Å². The average Bonchev–Trinajstić information content (AvgIpc) is 3.17. The number of oxazole rings is 1. The van der Waals surface area contributed by atoms with Crippen molar-refractivity contribution < 1.29 is 31.9 Å². The number of nitrogens with two attached hydrogens (primary N) is 1. The number of methoxy groups -OCH3 is 2. The first-order valence-electron chi connectivity index (χ1n) is 9.68. The number of ether oxygens (including phenoxy) is 2. The molecule has 3 rings (SSSR count). The Kier molecular flexibility index (Phi) is 6.70. The van der Waals surface area contributed by atoms with Gasteiger partial charge in [-0.1, -0.05) is 0 Å². The van der Waals surface area contributed by atoms with Gasteiger partial charge < -0.3 is 24.9 Å². The second kappa shape index (κ2) is 9.13. The zero-order valence-corrected chi connectivity index (χ0v) is 17.9. The number of carbonyl (C=O) groups excluding carboxylic acids is 1. The van der Waals surface area contributed by atoms with Gasteiger partial charge in [0.1, 0.15) is 17.0 Å². The van der Waals surface area contributed by atoms with Crippen LogP contribution in [0, 0.1) is 0 Å². The number of nitrogens with zero attached hydrogens (tertiary/aromatic N) is 2. The van der Waals surface area contributed by atoms with Crippen LogP contribution in [0.25, 0.3) is 22.4 Å². The molecule has 0 unspecified atom stereocenters. The summed E-state index contributed by atoms with van der Waals surface area (Å²) >= 11 is 0. The number of halogens is 3. The minimum absolute atomic E-state index is 0.0122. The lowest BCUT2D eigenvalue weighted by Crippen LogP contribution is -2.36. The predicted octanol–water partition coefficient (Wildman–Crippen LogP) is 3.70. The maximum atomic E-state index is 13.2. The third-order valence-corrected chi connectivity index (χ3v) is 4.64. The fraction of sp³-hybridized carbons (Fsp3) is 0.381. The van der Waals surface area contributed by atoms with Crippen molar-refractivity contribution in [3.8, 4) is 17.2 Å². The molecule has 11 heteroatoms. The summed E-state index contributed by atoms with van der Waals surface area (Å²) in [5.41, 5.74) is 5.22. The molecule has 2 heterocycles. The van der Waals surface area contributed by atoms with Crippen LogP contribution in [-0.2, 0) is 10.9 Å². The molecule has 0 saturated carbocycles. The molecule has 2 aromatic heterocycles. The van der Waals surface area contributed by atoms with Gasteiger partial charge in [0.25, 0.3) is 5.91 Å². The Morgan fingerprint density at radius 2 is 1.91 bits per heavy atom. The van der Waals surface area contributed by atoms with Crippen LogP contribution >= 0.6 is 0 Å². The number of fused-ring (bicyclic) bond motifs is 1. The number of nitrogens with one attached hydrogen (secondary N) is 1. The zero-order chi connectivity index (χ0) is 23.6. The summed E-state index contributed by atoms with van der Waals surface area (Å²) in [4.78, 5) is 20.7. The Hall–Kier alpha value is -3.18. The van der Waals surface area contributed by atoms with Crippen LogP contribution in [0.5, 0.6) is 5.75 Å². The van der Waals surface area contributed by atoms with Crippen molar-refractivity contribution in [1.82, 2.24) is 15.3 Å². The Morgan fingerprint density at radius 3 is 2.50 bits per heavy atom. The maximum Gasteiger partial charge on any atom is 0.433 e. The molecule has 32 heavy (non-hydrogen) atoms. The summed E-state index contributed by atoms with van der Waals surface area (Å²) < 4.78 is 55.5. The summed E-state index contributed by atoms with van der Waals surface area (Å²) in [5, 5.41) is 3.05. The van der Waals surface area contributed by atoms with Crippen molar-refractivity contribution in [1.29, 1.82) is 0 Å². The largest absolute Gasteiger partial charge is 0.494 e. The van der Waals surface area contributed by atoms with Gasteiger partial charge >= 0.3 is 6.18 Å². The first-order valence-corrected chi connectivity index (χ1v) is 9.68. The maximum absolute atomic E-state index is 13.2. The van der Waals surface area contributed by atoms with Crippen molar-refractivity contribution >= 4 is 16.8 Å². The fourth-order valence-electron chi connectivity index (χ4n) is 3.20. The highest BCUT2D eigenvalue weighted by Crippen LogP contribution is 2.37. The number of hydrogen-bond acceptors (Lipinski definition) is 7. The molecule has 0 aliphatic carbocycles. The number of aromatic nitrogens is 2. The van der Waals surface area contributed by atoms with E-state index in [1.807, 2.05) is 0 Å². The number of benzene rings is 1. The SMILES string of the molecule is COC[C@@H](C)NC(=O)c1nc(-c2ccc(OC)c3nc(C(F)(F)F)ccc23)oc1[C@H](C)N. The van der Waals surface area contributed by atoms with Crippen LogP contribution in [0.4, 0.5) is 13.2 Å². The van der Waals surface area contributed by atoms with Gasteiger partial charge in [0.05, 0.1) is 19.8 Å². The van der Waals surface area contributed by atoms with E-state index in [9.17, 15) is 18.0 Å². The van der Waals surface area contributed by atoms with Crippen LogP contribution in [-0.4, -0.2) is 42.7 Å². The smallest absolute Gasteiger partial charge is 0.433 e. The summed E-state index contributed by atoms with van der Waals surface area (Å²) in [7, 11) is 2.84. The van der Waals surface area contributed by atoms with Gasteiger partial charge in [0, 0.05) is 24.1 Å². The molecule has 3 N–H and O–H groups in total. The number of carbonyl (C=O) groups is 1. The average molecular weight is 452 g/mol. The van der Waals surface area contributed by atoms with Crippen LogP contribution in [0.2, 0.25) is 0 Å². The predicted molar refractivity (Wildman–Crippen MR) is 110 cm³/mol. The molecule has 0 saturated heterocycles. The number of amides is 1. The van der Waals surface area contributed by atoms with Gasteiger partial charge in [-0.05, 0) is 38.1 Å². The van der Waals surface area contributed by atoms with Gasteiger partial charge in [0.15, 0.2) is 11.5 Å². The Balaban J connectivity index is 2.13. The van der Waals surface area contributed by atoms with Crippen molar-refractivity contribution in [3.63, 3.8) is 0 Å². The van der Waals surface area contributed by atoms with Crippen LogP contribution in [0.1, 0.15) is 41.8 Å². The van der Waals surface area contributed by atoms with E-state index in [2.05, 4.69) is 15.3 Å². The number of hydrogen-bond donors (Lipinski definition) is 2. The van der Waals surface area contributed by atoms with Crippen molar-refractivity contribution in [2.75, 3.05) is 20.8 Å². The molecule has 0 bridgehead atoms. The minimum Gasteiger partial charge on any atom is -0.494 e. The lowest BCUT2D eigenvalue weighted by Gasteiger charge is -2.12. The van der Waals surface area contributed by atoms with Crippen molar-refractivity contribution in [2.45, 2.75) is 32.1 Å². The van der Waals surface area contributed by atoms with E-state index in [4.69, 9.17) is 19.6 Å². The summed E-state index contributed by atoms with van der Waals surface area (Å²) in [5.74, 6) is -0.186. The Labute approximate surface area is 181 Å². The minimum atomic E-state index is -4.62. The summed E-state index contributed by atoms with van der Waals surface area (Å²) in [6, 6.07) is 4.21. The molecule has 0 aliphatic heterocycles. The van der Waals surface area contributed by atoms with Crippen LogP contribution in [0.15, 0.2) is 28.7 Å². The third-order valence-electron chi connectivity index (χ3n) is 4.64. The second-order valence-electron chi connectivity index (χ2n) is 7.26. The quantitative estimate of drug-likeness (QED) is 0.562. The first kappa shape index (κ1) is 23.5. The zero-order valence-electron chi connectivity index (χ0n) is 17.9. The van der Waals surface area contributed by atoms with E-state index >= 15 is 0 Å². The fourth-order valence-corrected chi connectivity index (χ4v) is 3.20. The highest BCUT2D eigenvalue weighted by atomic mass is 19.4. The topological polar surface area (TPSA) is 112 Å². The molecule has 0 radical (unpaired) electrons. The molecule has 2 atom stereocenters. The Morgan fingerprint density at radius 1 is 1.19 bits per heavy atom. The van der Waals surface area contributed by atoms with E-state index in [0.29, 0.717) is 17.6 Å². The van der Waals surface area contributed by atoms with Gasteiger partial charge in [-0.15, -0.1) is 0 Å². The van der Waals surface area contributed by atoms with Gasteiger partial charge in [-0.25, -0.2) is 9.97 Å². The van der Waals surface area contributed by atoms with E-state index in [0.717, 1.165) is 6.07 Å². The Bertz CT molecular complexity index is 1130. The highest BCUT2D eigenvalue weighted by Gasteiger charge is 2.33. The summed E-state index contributed by atoms with van der Waals surface area (Å²) in [6.45, 7) is 3.68. The lowest BCUT2D eigenvalue weighted by atomic mass is 10.1. The molecule has 0 spiro atoms. The second-order valence-corrected chi connectivity index (χ2v) is 7.26. The molecule has 0 aliphatic rings. The molecular formula is C21H23F3N4O4. The molecule has 1 amide bonds. The van der Waals surface area contributed by atoms with E-state index in [1.165, 1.54) is 26.4 Å². The number of rotatable bonds is 7. The molecule has 0 fully saturated rings. The highest BCUT2D eigenvalue weighted by molar-refractivity contribution is 5.98. The third kappa shape index (κ3) is 4.68. The normalized spacial score (nSPS) is 13.8. The standard InChI is InChI=1S/C21H23F3N4O4/c1-10(9-30-3)26-19(29)17-18(11(2)25)32-20(28-17)13-5-7-14(31-4)16-12(13)6-8-15(27-16)21(22,23)24/h5-8,10-11H,9,25H2,1-4H3,(H,26,29)/t10-,11+/m1/s1. The van der Waals surface area contributed by atoms with Crippen LogP contribution in [0.3, 0.4) is 0 Å². The molecular weight excluding hydrogens is 429 g/mol. The first-order chi connectivity index (χ1) is 15.1. The van der Waals surface area contributed by atoms with E-state index in [1.54, 1.807) is 19.9 Å². The summed E-state index contributed by atoms with van der Waals surface area (Å²) in [6.07, 6.45) is -4.62. The molecule has 8 nitrogen and oxygen atoms in total.